The number of anilines is 1. The van der Waals surface area contributed by atoms with Crippen molar-refractivity contribution in [1.82, 2.24) is 9.44 Å². The van der Waals surface area contributed by atoms with Crippen LogP contribution in [0.25, 0.3) is 0 Å². The summed E-state index contributed by atoms with van der Waals surface area (Å²) in [6.07, 6.45) is 2.76. The summed E-state index contributed by atoms with van der Waals surface area (Å²) in [6, 6.07) is 5.75. The van der Waals surface area contributed by atoms with Gasteiger partial charge in [-0.05, 0) is 37.1 Å². The SMILES string of the molecule is CCCCNS(=O)(=O)c1cc(Cl)c(O)c(N=N/C(C#N)=N/Nc2cc(S(=O)(=O)NCCCC)cc(Cl)c2O)c1. The second-order valence-corrected chi connectivity index (χ2v) is 12.3. The number of aromatic hydroxyl groups is 2. The first-order valence-corrected chi connectivity index (χ1v) is 15.3. The molecule has 5 N–H and O–H groups in total. The second kappa shape index (κ2) is 14.4. The van der Waals surface area contributed by atoms with E-state index in [1.165, 1.54) is 0 Å². The van der Waals surface area contributed by atoms with Crippen molar-refractivity contribution in [2.75, 3.05) is 18.5 Å². The Kier molecular flexibility index (Phi) is 11.9. The third-order valence-corrected chi connectivity index (χ3v) is 8.41. The summed E-state index contributed by atoms with van der Waals surface area (Å²) in [4.78, 5) is -0.543. The van der Waals surface area contributed by atoms with E-state index in [9.17, 15) is 32.3 Å². The molecule has 0 bridgehead atoms. The van der Waals surface area contributed by atoms with Crippen molar-refractivity contribution in [3.8, 4) is 17.6 Å². The van der Waals surface area contributed by atoms with Gasteiger partial charge in [-0.25, -0.2) is 26.3 Å². The summed E-state index contributed by atoms with van der Waals surface area (Å²) >= 11 is 11.9. The Morgan fingerprint density at radius 2 is 1.41 bits per heavy atom. The predicted molar refractivity (Wildman–Crippen MR) is 148 cm³/mol. The van der Waals surface area contributed by atoms with Gasteiger partial charge in [0.1, 0.15) is 17.4 Å². The summed E-state index contributed by atoms with van der Waals surface area (Å²) in [5, 5.41) is 40.1. The molecular formula is C22H27Cl2N7O6S2. The van der Waals surface area contributed by atoms with E-state index in [0.29, 0.717) is 12.8 Å². The van der Waals surface area contributed by atoms with Gasteiger partial charge in [-0.15, -0.1) is 15.3 Å². The number of hydrogen-bond donors (Lipinski definition) is 5. The molecule has 0 aromatic heterocycles. The highest BCUT2D eigenvalue weighted by atomic mass is 35.5. The number of nitrogens with one attached hydrogen (secondary N) is 3. The van der Waals surface area contributed by atoms with Crippen molar-refractivity contribution in [2.45, 2.75) is 49.3 Å². The molecule has 39 heavy (non-hydrogen) atoms. The van der Waals surface area contributed by atoms with Gasteiger partial charge in [0.05, 0.1) is 19.8 Å². The van der Waals surface area contributed by atoms with E-state index < -0.39 is 37.4 Å². The molecule has 13 nitrogen and oxygen atoms in total. The van der Waals surface area contributed by atoms with Crippen LogP contribution in [0.15, 0.2) is 49.4 Å². The lowest BCUT2D eigenvalue weighted by molar-refractivity contribution is 0.476. The van der Waals surface area contributed by atoms with Gasteiger partial charge in [0.25, 0.3) is 5.84 Å². The number of hydrogen-bond acceptors (Lipinski definition) is 10. The summed E-state index contributed by atoms with van der Waals surface area (Å²) < 4.78 is 54.9. The number of amidine groups is 1. The number of hydrazone groups is 1. The van der Waals surface area contributed by atoms with Gasteiger partial charge in [-0.1, -0.05) is 49.9 Å². The monoisotopic (exact) mass is 619 g/mol. The van der Waals surface area contributed by atoms with Crippen LogP contribution in [-0.2, 0) is 20.0 Å². The third-order valence-electron chi connectivity index (χ3n) is 4.95. The Morgan fingerprint density at radius 3 is 1.92 bits per heavy atom. The van der Waals surface area contributed by atoms with Gasteiger partial charge in [0, 0.05) is 13.1 Å². The number of rotatable bonds is 13. The molecule has 0 aliphatic heterocycles. The lowest BCUT2D eigenvalue weighted by atomic mass is 10.3. The van der Waals surface area contributed by atoms with Crippen LogP contribution >= 0.6 is 23.2 Å². The van der Waals surface area contributed by atoms with Crippen LogP contribution < -0.4 is 14.9 Å². The summed E-state index contributed by atoms with van der Waals surface area (Å²) in [5.74, 6) is -1.76. The van der Waals surface area contributed by atoms with E-state index >= 15 is 0 Å². The zero-order chi connectivity index (χ0) is 29.2. The fourth-order valence-electron chi connectivity index (χ4n) is 2.82. The minimum atomic E-state index is -3.97. The van der Waals surface area contributed by atoms with Gasteiger partial charge in [-0.3, -0.25) is 5.43 Å². The molecule has 0 saturated carbocycles. The van der Waals surface area contributed by atoms with E-state index in [0.717, 1.165) is 37.1 Å². The lowest BCUT2D eigenvalue weighted by Crippen LogP contribution is -2.24. The van der Waals surface area contributed by atoms with Crippen molar-refractivity contribution in [3.63, 3.8) is 0 Å². The zero-order valence-corrected chi connectivity index (χ0v) is 24.1. The molecule has 0 unspecified atom stereocenters. The molecule has 0 aliphatic rings. The molecule has 0 amide bonds. The first kappa shape index (κ1) is 32.2. The number of phenols is 2. The van der Waals surface area contributed by atoms with E-state index in [-0.39, 0.29) is 44.3 Å². The highest BCUT2D eigenvalue weighted by molar-refractivity contribution is 7.89. The van der Waals surface area contributed by atoms with E-state index in [1.807, 2.05) is 13.8 Å². The smallest absolute Gasteiger partial charge is 0.270 e. The van der Waals surface area contributed by atoms with Gasteiger partial charge in [0.15, 0.2) is 11.5 Å². The third kappa shape index (κ3) is 9.02. The van der Waals surface area contributed by atoms with Crippen LogP contribution in [0.4, 0.5) is 11.4 Å². The van der Waals surface area contributed by atoms with Crippen LogP contribution in [0.1, 0.15) is 39.5 Å². The van der Waals surface area contributed by atoms with E-state index in [2.05, 4.69) is 30.2 Å². The average Bonchev–Trinajstić information content (AvgIpc) is 2.88. The molecule has 0 atom stereocenters. The summed E-state index contributed by atoms with van der Waals surface area (Å²) in [7, 11) is -7.92. The van der Waals surface area contributed by atoms with Crippen LogP contribution in [0.2, 0.25) is 10.0 Å². The molecule has 0 fully saturated rings. The number of phenolic OH excluding ortho intramolecular Hbond substituents is 2. The van der Waals surface area contributed by atoms with E-state index in [4.69, 9.17) is 23.2 Å². The van der Waals surface area contributed by atoms with Crippen LogP contribution in [0.3, 0.4) is 0 Å². The Balaban J connectivity index is 2.35. The fourth-order valence-corrected chi connectivity index (χ4v) is 5.63. The lowest BCUT2D eigenvalue weighted by Gasteiger charge is -2.11. The maximum absolute atomic E-state index is 12.5. The second-order valence-electron chi connectivity index (χ2n) is 7.94. The van der Waals surface area contributed by atoms with Crippen molar-refractivity contribution in [3.05, 3.63) is 34.3 Å². The standard InChI is InChI=1S/C22H27Cl2N7O6S2/c1-3-5-7-26-38(34,35)14-9-16(23)21(32)18(11-14)28-30-20(13-25)31-29-19-12-15(10-17(24)22(19)33)39(36,37)27-8-6-4-2/h9-12,26-28,32-33H,3-8H2,1-2H3/b30-20+,31-29?. The van der Waals surface area contributed by atoms with E-state index in [1.54, 1.807) is 6.07 Å². The number of benzene rings is 2. The normalized spacial score (nSPS) is 12.5. The molecule has 2 rings (SSSR count). The van der Waals surface area contributed by atoms with Gasteiger partial charge in [0.2, 0.25) is 20.0 Å². The number of halogens is 2. The van der Waals surface area contributed by atoms with Crippen molar-refractivity contribution in [2.24, 2.45) is 15.3 Å². The Morgan fingerprint density at radius 1 is 0.897 bits per heavy atom. The van der Waals surface area contributed by atoms with Crippen LogP contribution in [0, 0.1) is 11.3 Å². The molecule has 2 aromatic rings. The molecular weight excluding hydrogens is 593 g/mol. The summed E-state index contributed by atoms with van der Waals surface area (Å²) in [5.41, 5.74) is 1.69. The quantitative estimate of drug-likeness (QED) is 0.0533. The molecule has 0 heterocycles. The van der Waals surface area contributed by atoms with Gasteiger partial charge in [-0.2, -0.15) is 5.26 Å². The first-order chi connectivity index (χ1) is 18.4. The molecule has 2 aromatic carbocycles. The first-order valence-electron chi connectivity index (χ1n) is 11.6. The van der Waals surface area contributed by atoms with Crippen molar-refractivity contribution < 1.29 is 27.0 Å². The number of nitriles is 1. The zero-order valence-electron chi connectivity index (χ0n) is 20.9. The predicted octanol–water partition coefficient (Wildman–Crippen LogP) is 4.59. The maximum Gasteiger partial charge on any atom is 0.270 e. The van der Waals surface area contributed by atoms with Crippen molar-refractivity contribution in [1.29, 1.82) is 5.26 Å². The minimum absolute atomic E-state index is 0.194. The van der Waals surface area contributed by atoms with Gasteiger partial charge < -0.3 is 10.2 Å². The molecule has 0 radical (unpaired) electrons. The van der Waals surface area contributed by atoms with Crippen LogP contribution in [0.5, 0.6) is 11.5 Å². The largest absolute Gasteiger partial charge is 0.504 e. The van der Waals surface area contributed by atoms with Gasteiger partial charge >= 0.3 is 0 Å². The average molecular weight is 621 g/mol. The Hall–Kier alpha value is -3.00. The molecule has 0 aliphatic carbocycles. The van der Waals surface area contributed by atoms with Crippen molar-refractivity contribution >= 4 is 60.5 Å². The number of azo groups is 1. The molecule has 0 spiro atoms. The Labute approximate surface area is 236 Å². The highest BCUT2D eigenvalue weighted by Crippen LogP contribution is 2.37. The molecule has 17 heteroatoms. The van der Waals surface area contributed by atoms with Crippen LogP contribution in [-0.4, -0.2) is 46.0 Å². The highest BCUT2D eigenvalue weighted by Gasteiger charge is 2.20. The topological polar surface area (TPSA) is 206 Å². The number of sulfonamides is 2. The fraction of sp³-hybridized carbons (Fsp3) is 0.364. The molecule has 0 saturated heterocycles. The number of nitrogens with zero attached hydrogens (tertiary/aromatic N) is 4. The minimum Gasteiger partial charge on any atom is -0.504 e. The molecule has 212 valence electrons. The number of unbranched alkanes of at least 4 members (excludes halogenated alkanes) is 2. The maximum atomic E-state index is 12.5. The summed E-state index contributed by atoms with van der Waals surface area (Å²) in [6.45, 7) is 4.19. The Bertz CT molecular complexity index is 1510.